The van der Waals surface area contributed by atoms with E-state index >= 15 is 0 Å². The average Bonchev–Trinajstić information content (AvgIpc) is 3.06. The van der Waals surface area contributed by atoms with E-state index in [4.69, 9.17) is 18.9 Å². The molecule has 8 atom stereocenters. The molecule has 1 N–H and O–H groups in total. The Morgan fingerprint density at radius 1 is 1.11 bits per heavy atom. The van der Waals surface area contributed by atoms with Crippen LogP contribution in [0.2, 0.25) is 0 Å². The van der Waals surface area contributed by atoms with Gasteiger partial charge in [0.05, 0.1) is 6.10 Å². The van der Waals surface area contributed by atoms with Gasteiger partial charge in [-0.15, -0.1) is 0 Å². The molecule has 0 aromatic heterocycles. The second kappa shape index (κ2) is 11.4. The minimum Gasteiger partial charge on any atom is -0.462 e. The molecule has 3 rings (SSSR count). The smallest absolute Gasteiger partial charge is 0.334 e. The lowest BCUT2D eigenvalue weighted by atomic mass is 9.54. The van der Waals surface area contributed by atoms with Crippen LogP contribution in [0.25, 0.3) is 0 Å². The number of rotatable bonds is 5. The Balaban J connectivity index is 2.32. The second-order valence-electron chi connectivity index (χ2n) is 10.9. The molecule has 0 bridgehead atoms. The predicted molar refractivity (Wildman–Crippen MR) is 133 cm³/mol. The Kier molecular flexibility index (Phi) is 8.88. The summed E-state index contributed by atoms with van der Waals surface area (Å²) < 4.78 is 23.5. The summed E-state index contributed by atoms with van der Waals surface area (Å²) in [6, 6.07) is 0. The summed E-state index contributed by atoms with van der Waals surface area (Å²) >= 11 is 0. The van der Waals surface area contributed by atoms with Gasteiger partial charge in [-0.3, -0.25) is 14.4 Å². The highest BCUT2D eigenvalue weighted by atomic mass is 16.6. The molecule has 0 aromatic carbocycles. The van der Waals surface area contributed by atoms with Gasteiger partial charge in [-0.05, 0) is 45.1 Å². The predicted octanol–water partition coefficient (Wildman–Crippen LogP) is 3.57. The minimum atomic E-state index is -1.06. The summed E-state index contributed by atoms with van der Waals surface area (Å²) in [5, 5.41) is 11.1. The van der Waals surface area contributed by atoms with E-state index in [2.05, 4.69) is 0 Å². The fourth-order valence-electron chi connectivity index (χ4n) is 6.33. The van der Waals surface area contributed by atoms with Gasteiger partial charge in [0.2, 0.25) is 0 Å². The zero-order chi connectivity index (χ0) is 27.7. The van der Waals surface area contributed by atoms with Crippen LogP contribution >= 0.6 is 0 Å². The van der Waals surface area contributed by atoms with E-state index in [1.54, 1.807) is 6.92 Å². The zero-order valence-electron chi connectivity index (χ0n) is 22.9. The molecule has 0 aromatic rings. The first kappa shape index (κ1) is 28.9. The Labute approximate surface area is 218 Å². The zero-order valence-corrected chi connectivity index (χ0v) is 22.9. The topological polar surface area (TPSA) is 125 Å². The highest BCUT2D eigenvalue weighted by Crippen LogP contribution is 2.55. The van der Waals surface area contributed by atoms with Crippen LogP contribution in [0, 0.1) is 17.3 Å². The van der Waals surface area contributed by atoms with Gasteiger partial charge in [-0.2, -0.15) is 0 Å². The normalized spacial score (nSPS) is 35.9. The average molecular weight is 521 g/mol. The lowest BCUT2D eigenvalue weighted by molar-refractivity contribution is -0.220. The molecule has 1 aliphatic heterocycles. The first-order chi connectivity index (χ1) is 17.3. The van der Waals surface area contributed by atoms with Crippen molar-refractivity contribution in [3.05, 3.63) is 22.8 Å². The Bertz CT molecular complexity index is 996. The van der Waals surface area contributed by atoms with Crippen LogP contribution in [-0.4, -0.2) is 59.5 Å². The highest BCUT2D eigenvalue weighted by Gasteiger charge is 2.62. The number of allylic oxidation sites excluding steroid dienone is 1. The molecule has 1 heterocycles. The van der Waals surface area contributed by atoms with E-state index < -0.39 is 65.7 Å². The molecule has 0 amide bonds. The first-order valence-corrected chi connectivity index (χ1v) is 13.1. The van der Waals surface area contributed by atoms with E-state index in [0.717, 1.165) is 5.57 Å². The van der Waals surface area contributed by atoms with E-state index in [-0.39, 0.29) is 18.8 Å². The summed E-state index contributed by atoms with van der Waals surface area (Å²) in [4.78, 5) is 50.2. The van der Waals surface area contributed by atoms with E-state index in [1.807, 2.05) is 33.8 Å². The van der Waals surface area contributed by atoms with Crippen molar-refractivity contribution < 1.29 is 43.2 Å². The van der Waals surface area contributed by atoms with Crippen LogP contribution in [0.4, 0.5) is 0 Å². The van der Waals surface area contributed by atoms with Crippen LogP contribution in [0.3, 0.4) is 0 Å². The standard InChI is InChI=1S/C28H40O9/c1-8-9-23(32)37-21-11-10-14(2)12-20-24(16(4)27(33)36-20)26(35-18(6)30)25-15(3)19(31)13-22(28(21,25)7)34-17(5)29/h12,15,19-22,25-26,31H,8-11,13H2,1-7H3. The maximum atomic E-state index is 12.8. The van der Waals surface area contributed by atoms with Gasteiger partial charge >= 0.3 is 23.9 Å². The van der Waals surface area contributed by atoms with Crippen molar-refractivity contribution in [1.82, 2.24) is 0 Å². The molecule has 9 heteroatoms. The Morgan fingerprint density at radius 2 is 1.76 bits per heavy atom. The summed E-state index contributed by atoms with van der Waals surface area (Å²) in [5.74, 6) is -3.11. The summed E-state index contributed by atoms with van der Waals surface area (Å²) in [5.41, 5.74) is 0.686. The molecule has 8 unspecified atom stereocenters. The van der Waals surface area contributed by atoms with Crippen molar-refractivity contribution in [2.24, 2.45) is 17.3 Å². The lowest BCUT2D eigenvalue weighted by Crippen LogP contribution is -2.63. The van der Waals surface area contributed by atoms with Crippen molar-refractivity contribution in [3.8, 4) is 0 Å². The van der Waals surface area contributed by atoms with Crippen molar-refractivity contribution in [1.29, 1.82) is 0 Å². The Hall–Kier alpha value is -2.68. The van der Waals surface area contributed by atoms with Gasteiger partial charge in [-0.1, -0.05) is 26.3 Å². The number of aliphatic hydroxyl groups excluding tert-OH is 1. The van der Waals surface area contributed by atoms with Gasteiger partial charge < -0.3 is 24.1 Å². The molecule has 1 saturated carbocycles. The third-order valence-corrected chi connectivity index (χ3v) is 8.21. The van der Waals surface area contributed by atoms with Crippen LogP contribution in [0.5, 0.6) is 0 Å². The van der Waals surface area contributed by atoms with Gasteiger partial charge in [0, 0.05) is 49.2 Å². The number of carbonyl (C=O) groups is 4. The van der Waals surface area contributed by atoms with E-state index in [1.165, 1.54) is 13.8 Å². The van der Waals surface area contributed by atoms with Crippen LogP contribution in [0.15, 0.2) is 22.8 Å². The summed E-state index contributed by atoms with van der Waals surface area (Å²) in [6.45, 7) is 11.7. The van der Waals surface area contributed by atoms with Gasteiger partial charge in [0.1, 0.15) is 24.4 Å². The summed E-state index contributed by atoms with van der Waals surface area (Å²) in [6.07, 6.45) is -0.421. The molecule has 0 radical (unpaired) electrons. The Morgan fingerprint density at radius 3 is 2.35 bits per heavy atom. The summed E-state index contributed by atoms with van der Waals surface area (Å²) in [7, 11) is 0. The molecule has 2 aliphatic carbocycles. The molecule has 3 aliphatic rings. The highest BCUT2D eigenvalue weighted by molar-refractivity contribution is 5.92. The third kappa shape index (κ3) is 5.76. The number of carbonyl (C=O) groups excluding carboxylic acids is 4. The quantitative estimate of drug-likeness (QED) is 0.329. The third-order valence-electron chi connectivity index (χ3n) is 8.21. The molecule has 0 saturated heterocycles. The van der Waals surface area contributed by atoms with Crippen molar-refractivity contribution in [3.63, 3.8) is 0 Å². The molecule has 1 fully saturated rings. The number of esters is 4. The van der Waals surface area contributed by atoms with E-state index in [9.17, 15) is 24.3 Å². The number of hydrogen-bond donors (Lipinski definition) is 1. The van der Waals surface area contributed by atoms with E-state index in [0.29, 0.717) is 30.4 Å². The molecule has 9 nitrogen and oxygen atoms in total. The van der Waals surface area contributed by atoms with Gasteiger partial charge in [0.25, 0.3) is 0 Å². The van der Waals surface area contributed by atoms with Crippen LogP contribution in [-0.2, 0) is 38.1 Å². The first-order valence-electron chi connectivity index (χ1n) is 13.1. The largest absolute Gasteiger partial charge is 0.462 e. The minimum absolute atomic E-state index is 0.133. The molecule has 206 valence electrons. The van der Waals surface area contributed by atoms with Gasteiger partial charge in [-0.25, -0.2) is 4.79 Å². The molecular weight excluding hydrogens is 480 g/mol. The van der Waals surface area contributed by atoms with Crippen LogP contribution < -0.4 is 0 Å². The molecule has 0 spiro atoms. The fourth-order valence-corrected chi connectivity index (χ4v) is 6.33. The number of fused-ring (bicyclic) bond motifs is 2. The number of aliphatic hydroxyl groups is 1. The lowest BCUT2D eigenvalue weighted by Gasteiger charge is -2.56. The van der Waals surface area contributed by atoms with Crippen LogP contribution in [0.1, 0.15) is 80.6 Å². The maximum absolute atomic E-state index is 12.8. The van der Waals surface area contributed by atoms with Gasteiger partial charge in [0.15, 0.2) is 0 Å². The van der Waals surface area contributed by atoms with Crippen molar-refractivity contribution in [2.45, 2.75) is 111 Å². The maximum Gasteiger partial charge on any atom is 0.334 e. The molecule has 37 heavy (non-hydrogen) atoms. The molecular formula is C28H40O9. The second-order valence-corrected chi connectivity index (χ2v) is 10.9. The van der Waals surface area contributed by atoms with Crippen molar-refractivity contribution >= 4 is 23.9 Å². The number of hydrogen-bond acceptors (Lipinski definition) is 9. The fraction of sp³-hybridized carbons (Fsp3) is 0.714. The SMILES string of the molecule is CCCC(=O)OC1CCC(C)=CC2OC(=O)C(C)=C2C(OC(C)=O)C2C(C)C(O)CC(OC(C)=O)C12C. The number of ether oxygens (including phenoxy) is 4. The monoisotopic (exact) mass is 520 g/mol. The van der Waals surface area contributed by atoms with Crippen molar-refractivity contribution in [2.75, 3.05) is 0 Å².